The Hall–Kier alpha value is -3.46. The van der Waals surface area contributed by atoms with Crippen LogP contribution in [0, 0.1) is 0 Å². The Kier molecular flexibility index (Phi) is 3.69. The fraction of sp³-hybridized carbons (Fsp3) is 0.391. The van der Waals surface area contributed by atoms with Crippen molar-refractivity contribution < 1.29 is 31.8 Å². The van der Waals surface area contributed by atoms with Gasteiger partial charge < -0.3 is 20.1 Å². The SMILES string of the molecule is [2H]C([2H])([2H])Oc1ncc(-c2ccc3c(C(=O)NC4CCC(N(C([2H])([2H])[2H])C([2H])([2H])[2H])CC4)n[nH]c3c2)cc1C(=O)O. The average molecular weight is 447 g/mol. The van der Waals surface area contributed by atoms with Crippen molar-refractivity contribution in [3.63, 3.8) is 0 Å². The number of methoxy groups -OCH3 is 1. The van der Waals surface area contributed by atoms with Crippen LogP contribution < -0.4 is 10.1 Å². The fourth-order valence-electron chi connectivity index (χ4n) is 3.95. The summed E-state index contributed by atoms with van der Waals surface area (Å²) in [5, 5.41) is 19.8. The lowest BCUT2D eigenvalue weighted by Gasteiger charge is -2.32. The maximum absolute atomic E-state index is 13.0. The molecule has 1 amide bonds. The highest BCUT2D eigenvalue weighted by atomic mass is 16.5. The van der Waals surface area contributed by atoms with E-state index < -0.39 is 50.4 Å². The van der Waals surface area contributed by atoms with Crippen molar-refractivity contribution in [3.05, 3.63) is 41.7 Å². The van der Waals surface area contributed by atoms with Crippen molar-refractivity contribution in [2.75, 3.05) is 21.0 Å². The number of nitrogens with zero attached hydrogens (tertiary/aromatic N) is 3. The summed E-state index contributed by atoms with van der Waals surface area (Å²) in [6, 6.07) is 5.16. The molecule has 32 heavy (non-hydrogen) atoms. The summed E-state index contributed by atoms with van der Waals surface area (Å²) in [5.74, 6) is -2.42. The number of H-pyrrole nitrogens is 1. The summed E-state index contributed by atoms with van der Waals surface area (Å²) < 4.78 is 72.0. The third kappa shape index (κ3) is 4.29. The van der Waals surface area contributed by atoms with Crippen LogP contribution in [0.1, 0.15) is 58.9 Å². The fourth-order valence-corrected chi connectivity index (χ4v) is 3.95. The Bertz CT molecular complexity index is 1430. The van der Waals surface area contributed by atoms with Crippen molar-refractivity contribution in [2.45, 2.75) is 37.8 Å². The van der Waals surface area contributed by atoms with E-state index >= 15 is 0 Å². The van der Waals surface area contributed by atoms with Gasteiger partial charge in [0.1, 0.15) is 5.56 Å². The number of amides is 1. The Morgan fingerprint density at radius 1 is 1.22 bits per heavy atom. The normalized spacial score (nSPS) is 24.0. The number of nitrogens with one attached hydrogen (secondary N) is 2. The largest absolute Gasteiger partial charge is 0.480 e. The van der Waals surface area contributed by atoms with Gasteiger partial charge in [-0.25, -0.2) is 9.78 Å². The lowest BCUT2D eigenvalue weighted by atomic mass is 9.90. The molecule has 1 aliphatic rings. The van der Waals surface area contributed by atoms with Crippen LogP contribution in [0.2, 0.25) is 0 Å². The number of carbonyl (C=O) groups excluding carboxylic acids is 1. The van der Waals surface area contributed by atoms with Gasteiger partial charge in [-0.3, -0.25) is 9.89 Å². The van der Waals surface area contributed by atoms with Crippen LogP contribution in [0.15, 0.2) is 30.5 Å². The van der Waals surface area contributed by atoms with Crippen LogP contribution in [0.5, 0.6) is 5.88 Å². The van der Waals surface area contributed by atoms with Crippen molar-refractivity contribution in [3.8, 4) is 17.0 Å². The van der Waals surface area contributed by atoms with Crippen molar-refractivity contribution >= 4 is 22.8 Å². The molecule has 0 spiro atoms. The molecule has 2 heterocycles. The number of ether oxygens (including phenoxy) is 1. The molecule has 1 aromatic carbocycles. The van der Waals surface area contributed by atoms with Crippen LogP contribution in [-0.2, 0) is 0 Å². The quantitative estimate of drug-likeness (QED) is 0.532. The zero-order chi connectivity index (χ0) is 30.3. The molecule has 4 rings (SSSR count). The van der Waals surface area contributed by atoms with E-state index in [1.54, 1.807) is 18.2 Å². The van der Waals surface area contributed by atoms with E-state index in [1.807, 2.05) is 0 Å². The van der Waals surface area contributed by atoms with E-state index in [9.17, 15) is 14.7 Å². The minimum absolute atomic E-state index is 0.117. The number of aromatic carboxylic acids is 1. The zero-order valence-electron chi connectivity index (χ0n) is 25.9. The second-order valence-electron chi connectivity index (χ2n) is 7.67. The molecular formula is C23H27N5O4. The lowest BCUT2D eigenvalue weighted by molar-refractivity contribution is 0.0692. The maximum Gasteiger partial charge on any atom is 0.341 e. The Morgan fingerprint density at radius 2 is 2.03 bits per heavy atom. The maximum atomic E-state index is 13.0. The van der Waals surface area contributed by atoms with Gasteiger partial charge in [0.15, 0.2) is 5.69 Å². The molecule has 3 aromatic rings. The van der Waals surface area contributed by atoms with Gasteiger partial charge in [-0.05, 0) is 63.4 Å². The molecule has 0 unspecified atom stereocenters. The first-order chi connectivity index (χ1) is 18.9. The smallest absolute Gasteiger partial charge is 0.341 e. The van der Waals surface area contributed by atoms with E-state index in [0.717, 1.165) is 0 Å². The minimum atomic E-state index is -2.88. The topological polar surface area (TPSA) is 120 Å². The van der Waals surface area contributed by atoms with Crippen LogP contribution in [0.25, 0.3) is 22.0 Å². The predicted molar refractivity (Wildman–Crippen MR) is 120 cm³/mol. The third-order valence-corrected chi connectivity index (χ3v) is 5.69. The number of carboxylic acid groups (broad SMARTS) is 1. The van der Waals surface area contributed by atoms with Gasteiger partial charge in [0, 0.05) is 37.5 Å². The standard InChI is InChI=1S/C23H27N5O4/c1-28(2)16-7-5-15(6-8-16)25-21(29)20-17-9-4-13(11-19(17)26-27-20)14-10-18(23(30)31)22(32-3)24-12-14/h4,9-12,15-16H,5-8H2,1-3H3,(H,25,29)(H,26,27)(H,30,31)/i1D3,2D3,3D3. The number of carboxylic acids is 1. The molecule has 3 N–H and O–H groups in total. The molecular weight excluding hydrogens is 410 g/mol. The highest BCUT2D eigenvalue weighted by Crippen LogP contribution is 2.28. The first-order valence-electron chi connectivity index (χ1n) is 14.5. The van der Waals surface area contributed by atoms with E-state index in [-0.39, 0.29) is 24.6 Å². The second-order valence-corrected chi connectivity index (χ2v) is 7.67. The number of fused-ring (bicyclic) bond motifs is 1. The summed E-state index contributed by atoms with van der Waals surface area (Å²) in [6.07, 6.45) is 2.64. The van der Waals surface area contributed by atoms with Gasteiger partial charge in [-0.2, -0.15) is 5.10 Å². The predicted octanol–water partition coefficient (Wildman–Crippen LogP) is 2.93. The molecule has 9 heteroatoms. The van der Waals surface area contributed by atoms with E-state index in [4.69, 9.17) is 12.3 Å². The summed E-state index contributed by atoms with van der Waals surface area (Å²) in [6.45, 7) is -5.53. The van der Waals surface area contributed by atoms with Crippen molar-refractivity contribution in [2.24, 2.45) is 0 Å². The van der Waals surface area contributed by atoms with Gasteiger partial charge in [-0.15, -0.1) is 0 Å². The van der Waals surface area contributed by atoms with Crippen LogP contribution in [0.4, 0.5) is 0 Å². The number of pyridine rings is 1. The highest BCUT2D eigenvalue weighted by molar-refractivity contribution is 6.05. The number of rotatable bonds is 6. The molecule has 1 fully saturated rings. The van der Waals surface area contributed by atoms with Crippen molar-refractivity contribution in [1.82, 2.24) is 25.4 Å². The number of aromatic nitrogens is 3. The molecule has 0 radical (unpaired) electrons. The molecule has 0 bridgehead atoms. The van der Waals surface area contributed by atoms with E-state index in [2.05, 4.69) is 25.2 Å². The van der Waals surface area contributed by atoms with Crippen LogP contribution >= 0.6 is 0 Å². The molecule has 9 nitrogen and oxygen atoms in total. The number of benzene rings is 1. The first kappa shape index (κ1) is 13.2. The summed E-state index contributed by atoms with van der Waals surface area (Å²) in [4.78, 5) is 29.2. The van der Waals surface area contributed by atoms with Gasteiger partial charge in [-0.1, -0.05) is 6.07 Å². The summed E-state index contributed by atoms with van der Waals surface area (Å²) in [7, 11) is -2.88. The molecule has 1 aliphatic carbocycles. The third-order valence-electron chi connectivity index (χ3n) is 5.69. The van der Waals surface area contributed by atoms with Gasteiger partial charge in [0.05, 0.1) is 16.7 Å². The number of aromatic amines is 1. The Labute approximate surface area is 198 Å². The van der Waals surface area contributed by atoms with E-state index in [0.29, 0.717) is 39.8 Å². The van der Waals surface area contributed by atoms with Crippen LogP contribution in [-0.4, -0.2) is 70.1 Å². The summed E-state index contributed by atoms with van der Waals surface area (Å²) in [5.41, 5.74) is 1.05. The number of carbonyl (C=O) groups is 2. The van der Waals surface area contributed by atoms with E-state index in [1.165, 1.54) is 12.3 Å². The first-order valence-corrected chi connectivity index (χ1v) is 9.95. The Morgan fingerprint density at radius 3 is 2.75 bits per heavy atom. The van der Waals surface area contributed by atoms with Gasteiger partial charge >= 0.3 is 5.97 Å². The average Bonchev–Trinajstić information content (AvgIpc) is 3.26. The molecule has 0 aliphatic heterocycles. The Balaban J connectivity index is 1.47. The van der Waals surface area contributed by atoms with Crippen LogP contribution in [0.3, 0.4) is 0 Å². The molecule has 1 saturated carbocycles. The number of hydrogen-bond acceptors (Lipinski definition) is 6. The molecule has 0 atom stereocenters. The van der Waals surface area contributed by atoms with Gasteiger partial charge in [0.2, 0.25) is 5.88 Å². The van der Waals surface area contributed by atoms with Gasteiger partial charge in [0.25, 0.3) is 5.91 Å². The molecule has 168 valence electrons. The monoisotopic (exact) mass is 446 g/mol. The zero-order valence-corrected chi connectivity index (χ0v) is 16.9. The lowest BCUT2D eigenvalue weighted by Crippen LogP contribution is -2.41. The molecule has 2 aromatic heterocycles. The van der Waals surface area contributed by atoms with Crippen molar-refractivity contribution in [1.29, 1.82) is 0 Å². The minimum Gasteiger partial charge on any atom is -0.480 e. The number of hydrogen-bond donors (Lipinski definition) is 3. The molecule has 0 saturated heterocycles. The highest BCUT2D eigenvalue weighted by Gasteiger charge is 2.25. The summed E-state index contributed by atoms with van der Waals surface area (Å²) >= 11 is 0. The second kappa shape index (κ2) is 8.96.